The Balaban J connectivity index is 1.52. The first kappa shape index (κ1) is 13.0. The minimum atomic E-state index is 0.393. The summed E-state index contributed by atoms with van der Waals surface area (Å²) in [5.41, 5.74) is 0. The van der Waals surface area contributed by atoms with Crippen LogP contribution in [0.3, 0.4) is 0 Å². The smallest absolute Gasteiger partial charge is 0.136 e. The van der Waals surface area contributed by atoms with Crippen molar-refractivity contribution in [3.8, 4) is 0 Å². The van der Waals surface area contributed by atoms with Gasteiger partial charge in [0.15, 0.2) is 0 Å². The molecule has 2 atom stereocenters. The highest BCUT2D eigenvalue weighted by molar-refractivity contribution is 8.00. The van der Waals surface area contributed by atoms with Crippen molar-refractivity contribution in [2.75, 3.05) is 13.2 Å². The van der Waals surface area contributed by atoms with Crippen LogP contribution in [0.15, 0.2) is 0 Å². The van der Waals surface area contributed by atoms with Crippen molar-refractivity contribution in [3.05, 3.63) is 0 Å². The van der Waals surface area contributed by atoms with E-state index in [9.17, 15) is 4.79 Å². The molecule has 0 amide bonds. The monoisotopic (exact) mass is 268 g/mol. The Kier molecular flexibility index (Phi) is 4.30. The first-order valence-corrected chi connectivity index (χ1v) is 8.51. The fraction of sp³-hybridized carbons (Fsp3) is 0.933. The summed E-state index contributed by atoms with van der Waals surface area (Å²) in [7, 11) is 0. The van der Waals surface area contributed by atoms with Crippen LogP contribution in [0.5, 0.6) is 0 Å². The van der Waals surface area contributed by atoms with Crippen LogP contribution in [0.4, 0.5) is 0 Å². The Bertz CT molecular complexity index is 287. The van der Waals surface area contributed by atoms with Crippen molar-refractivity contribution >= 4 is 17.5 Å². The van der Waals surface area contributed by atoms with Gasteiger partial charge in [-0.3, -0.25) is 4.79 Å². The first-order chi connectivity index (χ1) is 8.81. The van der Waals surface area contributed by atoms with E-state index < -0.39 is 0 Å². The van der Waals surface area contributed by atoms with E-state index in [0.29, 0.717) is 17.6 Å². The number of ketones is 1. The average Bonchev–Trinajstić information content (AvgIpc) is 2.39. The van der Waals surface area contributed by atoms with Crippen molar-refractivity contribution in [2.24, 2.45) is 11.8 Å². The summed E-state index contributed by atoms with van der Waals surface area (Å²) in [5.74, 6) is 1.57. The fourth-order valence-electron chi connectivity index (χ4n) is 3.72. The molecule has 0 aromatic carbocycles. The minimum Gasteiger partial charge on any atom is -0.381 e. The Labute approximate surface area is 114 Å². The summed E-state index contributed by atoms with van der Waals surface area (Å²) in [5, 5.41) is 1.59. The number of fused-ring (bicyclic) bond motifs is 2. The van der Waals surface area contributed by atoms with Crippen LogP contribution in [0, 0.1) is 11.8 Å². The Hall–Kier alpha value is -0.0200. The van der Waals surface area contributed by atoms with Crippen molar-refractivity contribution < 1.29 is 9.53 Å². The molecule has 3 aliphatic rings. The van der Waals surface area contributed by atoms with E-state index in [1.807, 2.05) is 0 Å². The zero-order valence-electron chi connectivity index (χ0n) is 11.1. The molecule has 0 N–H and O–H groups in total. The topological polar surface area (TPSA) is 26.3 Å². The lowest BCUT2D eigenvalue weighted by molar-refractivity contribution is -0.125. The van der Waals surface area contributed by atoms with E-state index in [-0.39, 0.29) is 0 Å². The van der Waals surface area contributed by atoms with Crippen molar-refractivity contribution in [2.45, 2.75) is 61.9 Å². The highest BCUT2D eigenvalue weighted by Gasteiger charge is 2.36. The number of ether oxygens (including phenoxy) is 1. The number of rotatable bonds is 3. The summed E-state index contributed by atoms with van der Waals surface area (Å²) >= 11 is 2.17. The summed E-state index contributed by atoms with van der Waals surface area (Å²) in [4.78, 5) is 12.4. The van der Waals surface area contributed by atoms with Crippen LogP contribution >= 0.6 is 11.8 Å². The van der Waals surface area contributed by atoms with E-state index in [2.05, 4.69) is 11.8 Å². The summed E-state index contributed by atoms with van der Waals surface area (Å²) in [6.45, 7) is 1.73. The van der Waals surface area contributed by atoms with Gasteiger partial charge in [-0.05, 0) is 44.4 Å². The van der Waals surface area contributed by atoms with E-state index >= 15 is 0 Å². The van der Waals surface area contributed by atoms with Gasteiger partial charge in [-0.2, -0.15) is 11.8 Å². The van der Waals surface area contributed by atoms with Gasteiger partial charge in [0.25, 0.3) is 0 Å². The van der Waals surface area contributed by atoms with Crippen molar-refractivity contribution in [1.82, 2.24) is 0 Å². The SMILES string of the molecule is O=C(CC1CCOCC1)C1CC2CCCC(C1)S2. The van der Waals surface area contributed by atoms with Gasteiger partial charge >= 0.3 is 0 Å². The number of carbonyl (C=O) groups is 1. The summed E-state index contributed by atoms with van der Waals surface area (Å²) in [6, 6.07) is 0. The molecular formula is C15H24O2S. The number of hydrogen-bond acceptors (Lipinski definition) is 3. The van der Waals surface area contributed by atoms with Crippen LogP contribution in [0.1, 0.15) is 51.4 Å². The molecule has 0 aromatic rings. The van der Waals surface area contributed by atoms with Gasteiger partial charge in [-0.25, -0.2) is 0 Å². The molecule has 2 bridgehead atoms. The van der Waals surface area contributed by atoms with Crippen molar-refractivity contribution in [3.63, 3.8) is 0 Å². The second-order valence-corrected chi connectivity index (χ2v) is 7.81. The third-order valence-corrected chi connectivity index (χ3v) is 6.44. The standard InChI is InChI=1S/C15H24O2S/c16-15(8-11-4-6-17-7-5-11)12-9-13-2-1-3-14(10-12)18-13/h11-14H,1-10H2. The van der Waals surface area contributed by atoms with Gasteiger partial charge in [-0.15, -0.1) is 0 Å². The third-order valence-electron chi connectivity index (χ3n) is 4.82. The number of carbonyl (C=O) groups excluding carboxylic acids is 1. The molecular weight excluding hydrogens is 244 g/mol. The molecule has 0 spiro atoms. The Morgan fingerprint density at radius 3 is 2.39 bits per heavy atom. The molecule has 2 nitrogen and oxygen atoms in total. The number of Topliss-reactive ketones (excluding diaryl/α,β-unsaturated/α-hetero) is 1. The van der Waals surface area contributed by atoms with E-state index in [1.54, 1.807) is 0 Å². The molecule has 3 fully saturated rings. The summed E-state index contributed by atoms with van der Waals surface area (Å²) < 4.78 is 5.37. The fourth-order valence-corrected chi connectivity index (χ4v) is 5.56. The maximum Gasteiger partial charge on any atom is 0.136 e. The highest BCUT2D eigenvalue weighted by Crippen LogP contribution is 2.44. The molecule has 0 saturated carbocycles. The van der Waals surface area contributed by atoms with Crippen LogP contribution in [-0.2, 0) is 9.53 Å². The zero-order valence-corrected chi connectivity index (χ0v) is 11.9. The van der Waals surface area contributed by atoms with Gasteiger partial charge in [0.05, 0.1) is 0 Å². The molecule has 3 heterocycles. The van der Waals surface area contributed by atoms with Gasteiger partial charge in [0.2, 0.25) is 0 Å². The second kappa shape index (κ2) is 5.96. The van der Waals surface area contributed by atoms with E-state index in [0.717, 1.165) is 43.0 Å². The lowest BCUT2D eigenvalue weighted by Crippen LogP contribution is -2.34. The van der Waals surface area contributed by atoms with Crippen LogP contribution in [-0.4, -0.2) is 29.5 Å². The molecule has 3 heteroatoms. The molecule has 102 valence electrons. The van der Waals surface area contributed by atoms with Crippen LogP contribution < -0.4 is 0 Å². The maximum absolute atomic E-state index is 12.4. The highest BCUT2D eigenvalue weighted by atomic mass is 32.2. The first-order valence-electron chi connectivity index (χ1n) is 7.57. The maximum atomic E-state index is 12.4. The molecule has 3 aliphatic heterocycles. The average molecular weight is 268 g/mol. The van der Waals surface area contributed by atoms with Gasteiger partial charge in [0.1, 0.15) is 5.78 Å². The molecule has 2 unspecified atom stereocenters. The van der Waals surface area contributed by atoms with Gasteiger partial charge < -0.3 is 4.74 Å². The Morgan fingerprint density at radius 2 is 1.72 bits per heavy atom. The third kappa shape index (κ3) is 3.11. The molecule has 18 heavy (non-hydrogen) atoms. The minimum absolute atomic E-state index is 0.393. The second-order valence-electron chi connectivity index (χ2n) is 6.21. The quantitative estimate of drug-likeness (QED) is 0.784. The normalized spacial score (nSPS) is 37.4. The molecule has 0 radical (unpaired) electrons. The van der Waals surface area contributed by atoms with Crippen molar-refractivity contribution in [1.29, 1.82) is 0 Å². The van der Waals surface area contributed by atoms with Gasteiger partial charge in [-0.1, -0.05) is 6.42 Å². The molecule has 0 aliphatic carbocycles. The predicted molar refractivity (Wildman–Crippen MR) is 74.9 cm³/mol. The van der Waals surface area contributed by atoms with Crippen LogP contribution in [0.2, 0.25) is 0 Å². The van der Waals surface area contributed by atoms with E-state index in [4.69, 9.17) is 4.74 Å². The lowest BCUT2D eigenvalue weighted by Gasteiger charge is -2.38. The van der Waals surface area contributed by atoms with E-state index in [1.165, 1.54) is 32.1 Å². The number of hydrogen-bond donors (Lipinski definition) is 0. The predicted octanol–water partition coefficient (Wildman–Crippen LogP) is 3.44. The zero-order chi connectivity index (χ0) is 12.4. The van der Waals surface area contributed by atoms with Gasteiger partial charge in [0, 0.05) is 36.1 Å². The largest absolute Gasteiger partial charge is 0.381 e. The molecule has 0 aromatic heterocycles. The molecule has 3 rings (SSSR count). The Morgan fingerprint density at radius 1 is 1.06 bits per heavy atom. The lowest BCUT2D eigenvalue weighted by atomic mass is 9.82. The number of thioether (sulfide) groups is 1. The van der Waals surface area contributed by atoms with Crippen LogP contribution in [0.25, 0.3) is 0 Å². The summed E-state index contributed by atoms with van der Waals surface area (Å²) in [6.07, 6.45) is 9.46. The molecule has 3 saturated heterocycles.